The Hall–Kier alpha value is -1.75. The van der Waals surface area contributed by atoms with Crippen molar-refractivity contribution in [1.29, 1.82) is 0 Å². The van der Waals surface area contributed by atoms with Gasteiger partial charge in [-0.2, -0.15) is 0 Å². The Morgan fingerprint density at radius 2 is 2.00 bits per heavy atom. The number of nitrogens with zero attached hydrogens (tertiary/aromatic N) is 3. The molecule has 18 heavy (non-hydrogen) atoms. The zero-order valence-corrected chi connectivity index (χ0v) is 10.4. The van der Waals surface area contributed by atoms with Gasteiger partial charge in [0.2, 0.25) is 0 Å². The fourth-order valence-electron chi connectivity index (χ4n) is 1.98. The fraction of sp³-hybridized carbons (Fsp3) is 0.385. The van der Waals surface area contributed by atoms with E-state index in [0.717, 1.165) is 29.8 Å². The van der Waals surface area contributed by atoms with E-state index in [4.69, 9.17) is 5.73 Å². The van der Waals surface area contributed by atoms with Gasteiger partial charge in [-0.25, -0.2) is 9.07 Å². The predicted octanol–water partition coefficient (Wildman–Crippen LogP) is 1.53. The second kappa shape index (κ2) is 5.73. The molecule has 0 aliphatic heterocycles. The van der Waals surface area contributed by atoms with Crippen LogP contribution < -0.4 is 5.73 Å². The van der Waals surface area contributed by atoms with Crippen molar-refractivity contribution in [2.24, 2.45) is 5.73 Å². The monoisotopic (exact) mass is 248 g/mol. The highest BCUT2D eigenvalue weighted by atomic mass is 19.1. The first-order chi connectivity index (χ1) is 8.74. The zero-order valence-electron chi connectivity index (χ0n) is 10.4. The summed E-state index contributed by atoms with van der Waals surface area (Å²) in [4.78, 5) is 0. The highest BCUT2D eigenvalue weighted by molar-refractivity contribution is 5.18. The molecule has 0 bridgehead atoms. The van der Waals surface area contributed by atoms with Gasteiger partial charge in [0.15, 0.2) is 0 Å². The second-order valence-electron chi connectivity index (χ2n) is 4.16. The number of benzene rings is 1. The number of aromatic nitrogens is 3. The molecule has 0 atom stereocenters. The average molecular weight is 248 g/mol. The molecule has 96 valence electrons. The summed E-state index contributed by atoms with van der Waals surface area (Å²) in [5.41, 5.74) is 8.62. The highest BCUT2D eigenvalue weighted by Gasteiger charge is 2.10. The van der Waals surface area contributed by atoms with Crippen molar-refractivity contribution in [1.82, 2.24) is 15.0 Å². The molecule has 0 unspecified atom stereocenters. The lowest BCUT2D eigenvalue weighted by Gasteiger charge is -2.06. The maximum atomic E-state index is 12.8. The lowest BCUT2D eigenvalue weighted by Crippen LogP contribution is -2.09. The van der Waals surface area contributed by atoms with Gasteiger partial charge in [0.1, 0.15) is 5.82 Å². The van der Waals surface area contributed by atoms with E-state index in [9.17, 15) is 4.39 Å². The standard InChI is InChI=1S/C13H17FN4/c1-2-13-12(7-8-15)16-17-18(13)9-10-3-5-11(14)6-4-10/h3-6H,2,7-9,15H2,1H3. The lowest BCUT2D eigenvalue weighted by atomic mass is 10.2. The van der Waals surface area contributed by atoms with E-state index in [2.05, 4.69) is 17.2 Å². The second-order valence-corrected chi connectivity index (χ2v) is 4.16. The van der Waals surface area contributed by atoms with Gasteiger partial charge in [0.05, 0.1) is 17.9 Å². The molecule has 1 aromatic carbocycles. The normalized spacial score (nSPS) is 10.8. The van der Waals surface area contributed by atoms with Gasteiger partial charge in [0.25, 0.3) is 0 Å². The molecule has 0 aliphatic carbocycles. The van der Waals surface area contributed by atoms with Crippen molar-refractivity contribution in [3.8, 4) is 0 Å². The van der Waals surface area contributed by atoms with Crippen LogP contribution in [0.3, 0.4) is 0 Å². The third-order valence-corrected chi connectivity index (χ3v) is 2.88. The maximum absolute atomic E-state index is 12.8. The van der Waals surface area contributed by atoms with Crippen LogP contribution in [0, 0.1) is 5.82 Å². The molecular formula is C13H17FN4. The van der Waals surface area contributed by atoms with Crippen LogP contribution in [0.1, 0.15) is 23.9 Å². The molecule has 1 aromatic heterocycles. The number of hydrogen-bond acceptors (Lipinski definition) is 3. The molecule has 0 amide bonds. The van der Waals surface area contributed by atoms with E-state index >= 15 is 0 Å². The molecule has 0 fully saturated rings. The Labute approximate surface area is 106 Å². The molecule has 0 saturated carbocycles. The Morgan fingerprint density at radius 3 is 2.61 bits per heavy atom. The molecule has 1 heterocycles. The van der Waals surface area contributed by atoms with Crippen molar-refractivity contribution in [3.05, 3.63) is 47.0 Å². The molecule has 2 N–H and O–H groups in total. The Kier molecular flexibility index (Phi) is 4.04. The van der Waals surface area contributed by atoms with Crippen LogP contribution in [-0.2, 0) is 19.4 Å². The summed E-state index contributed by atoms with van der Waals surface area (Å²) < 4.78 is 14.7. The molecule has 2 rings (SSSR count). The molecule has 0 spiro atoms. The first-order valence-electron chi connectivity index (χ1n) is 6.10. The number of halogens is 1. The smallest absolute Gasteiger partial charge is 0.123 e. The van der Waals surface area contributed by atoms with E-state index < -0.39 is 0 Å². The van der Waals surface area contributed by atoms with Crippen molar-refractivity contribution in [2.45, 2.75) is 26.3 Å². The van der Waals surface area contributed by atoms with Gasteiger partial charge in [-0.3, -0.25) is 0 Å². The topological polar surface area (TPSA) is 56.7 Å². The third-order valence-electron chi connectivity index (χ3n) is 2.88. The molecule has 4 nitrogen and oxygen atoms in total. The molecule has 0 saturated heterocycles. The summed E-state index contributed by atoms with van der Waals surface area (Å²) in [5.74, 6) is -0.225. The first kappa shape index (κ1) is 12.7. The van der Waals surface area contributed by atoms with Crippen LogP contribution in [0.2, 0.25) is 0 Å². The van der Waals surface area contributed by atoms with Gasteiger partial charge in [-0.1, -0.05) is 24.3 Å². The summed E-state index contributed by atoms with van der Waals surface area (Å²) in [5, 5.41) is 8.29. The van der Waals surface area contributed by atoms with Gasteiger partial charge < -0.3 is 5.73 Å². The highest BCUT2D eigenvalue weighted by Crippen LogP contribution is 2.10. The first-order valence-corrected chi connectivity index (χ1v) is 6.10. The van der Waals surface area contributed by atoms with Crippen LogP contribution >= 0.6 is 0 Å². The van der Waals surface area contributed by atoms with Gasteiger partial charge in [0, 0.05) is 6.42 Å². The fourth-order valence-corrected chi connectivity index (χ4v) is 1.98. The lowest BCUT2D eigenvalue weighted by molar-refractivity contribution is 0.612. The average Bonchev–Trinajstić information content (AvgIpc) is 2.75. The summed E-state index contributed by atoms with van der Waals surface area (Å²) in [7, 11) is 0. The third kappa shape index (κ3) is 2.73. The summed E-state index contributed by atoms with van der Waals surface area (Å²) in [6, 6.07) is 6.44. The van der Waals surface area contributed by atoms with E-state index in [1.807, 2.05) is 4.68 Å². The minimum Gasteiger partial charge on any atom is -0.330 e. The van der Waals surface area contributed by atoms with E-state index in [0.29, 0.717) is 13.1 Å². The molecule has 2 aromatic rings. The Bertz CT molecular complexity index is 504. The van der Waals surface area contributed by atoms with Crippen LogP contribution in [0.5, 0.6) is 0 Å². The molecule has 0 aliphatic rings. The summed E-state index contributed by atoms with van der Waals surface area (Å²) in [6.45, 7) is 3.25. The van der Waals surface area contributed by atoms with E-state index in [-0.39, 0.29) is 5.82 Å². The zero-order chi connectivity index (χ0) is 13.0. The molecule has 0 radical (unpaired) electrons. The van der Waals surface area contributed by atoms with Crippen LogP contribution in [0.4, 0.5) is 4.39 Å². The Balaban J connectivity index is 2.20. The van der Waals surface area contributed by atoms with Crippen molar-refractivity contribution in [3.63, 3.8) is 0 Å². The molecular weight excluding hydrogens is 231 g/mol. The van der Waals surface area contributed by atoms with Gasteiger partial charge >= 0.3 is 0 Å². The largest absolute Gasteiger partial charge is 0.330 e. The minimum absolute atomic E-state index is 0.225. The number of hydrogen-bond donors (Lipinski definition) is 1. The number of rotatable bonds is 5. The van der Waals surface area contributed by atoms with Gasteiger partial charge in [-0.15, -0.1) is 5.10 Å². The maximum Gasteiger partial charge on any atom is 0.123 e. The predicted molar refractivity (Wildman–Crippen MR) is 67.7 cm³/mol. The summed E-state index contributed by atoms with van der Waals surface area (Å²) >= 11 is 0. The van der Waals surface area contributed by atoms with Crippen LogP contribution in [0.15, 0.2) is 24.3 Å². The van der Waals surface area contributed by atoms with Crippen molar-refractivity contribution < 1.29 is 4.39 Å². The van der Waals surface area contributed by atoms with E-state index in [1.54, 1.807) is 12.1 Å². The Morgan fingerprint density at radius 1 is 1.28 bits per heavy atom. The van der Waals surface area contributed by atoms with Crippen LogP contribution in [-0.4, -0.2) is 21.5 Å². The van der Waals surface area contributed by atoms with Crippen LogP contribution in [0.25, 0.3) is 0 Å². The quantitative estimate of drug-likeness (QED) is 0.873. The minimum atomic E-state index is -0.225. The van der Waals surface area contributed by atoms with Crippen molar-refractivity contribution >= 4 is 0 Å². The SMILES string of the molecule is CCc1c(CCN)nnn1Cc1ccc(F)cc1. The van der Waals surface area contributed by atoms with E-state index in [1.165, 1.54) is 12.1 Å². The molecule has 5 heteroatoms. The van der Waals surface area contributed by atoms with Crippen molar-refractivity contribution in [2.75, 3.05) is 6.54 Å². The summed E-state index contributed by atoms with van der Waals surface area (Å²) in [6.07, 6.45) is 1.61. The van der Waals surface area contributed by atoms with Gasteiger partial charge in [-0.05, 0) is 30.7 Å². The number of nitrogens with two attached hydrogens (primary N) is 1.